The van der Waals surface area contributed by atoms with Crippen molar-refractivity contribution in [3.05, 3.63) is 24.3 Å². The second-order valence-electron chi connectivity index (χ2n) is 5.77. The van der Waals surface area contributed by atoms with Crippen molar-refractivity contribution < 1.29 is 4.79 Å². The van der Waals surface area contributed by atoms with E-state index in [1.807, 2.05) is 64.0 Å². The van der Waals surface area contributed by atoms with E-state index in [9.17, 15) is 4.79 Å². The SMILES string of the molecule is CN(C)c1ccc(NC(=O)C(N)C(C)(C)C)cc1. The van der Waals surface area contributed by atoms with E-state index in [-0.39, 0.29) is 11.3 Å². The fourth-order valence-corrected chi connectivity index (χ4v) is 1.46. The van der Waals surface area contributed by atoms with E-state index in [0.717, 1.165) is 11.4 Å². The first-order valence-corrected chi connectivity index (χ1v) is 6.05. The van der Waals surface area contributed by atoms with Gasteiger partial charge in [0.25, 0.3) is 0 Å². The van der Waals surface area contributed by atoms with E-state index >= 15 is 0 Å². The highest BCUT2D eigenvalue weighted by atomic mass is 16.2. The van der Waals surface area contributed by atoms with Crippen molar-refractivity contribution >= 4 is 17.3 Å². The van der Waals surface area contributed by atoms with Crippen LogP contribution in [0.5, 0.6) is 0 Å². The lowest BCUT2D eigenvalue weighted by Crippen LogP contribution is -2.45. The van der Waals surface area contributed by atoms with Crippen LogP contribution in [0.4, 0.5) is 11.4 Å². The Morgan fingerprint density at radius 3 is 2.11 bits per heavy atom. The molecular weight excluding hydrogens is 226 g/mol. The molecule has 0 spiro atoms. The summed E-state index contributed by atoms with van der Waals surface area (Å²) < 4.78 is 0. The standard InChI is InChI=1S/C14H23N3O/c1-14(2,3)12(15)13(18)16-10-6-8-11(9-7-10)17(4)5/h6-9,12H,15H2,1-5H3,(H,16,18). The monoisotopic (exact) mass is 249 g/mol. The molecule has 1 aromatic carbocycles. The van der Waals surface area contributed by atoms with Crippen LogP contribution in [0.15, 0.2) is 24.3 Å². The molecule has 0 radical (unpaired) electrons. The lowest BCUT2D eigenvalue weighted by atomic mass is 9.87. The normalized spacial score (nSPS) is 13.0. The Morgan fingerprint density at radius 1 is 1.22 bits per heavy atom. The van der Waals surface area contributed by atoms with Crippen LogP contribution < -0.4 is 16.0 Å². The topological polar surface area (TPSA) is 58.4 Å². The summed E-state index contributed by atoms with van der Waals surface area (Å²) in [5, 5.41) is 2.83. The molecule has 0 aromatic heterocycles. The molecule has 1 amide bonds. The van der Waals surface area contributed by atoms with Crippen LogP contribution in [0.2, 0.25) is 0 Å². The molecule has 4 heteroatoms. The largest absolute Gasteiger partial charge is 0.378 e. The second-order valence-corrected chi connectivity index (χ2v) is 5.77. The lowest BCUT2D eigenvalue weighted by Gasteiger charge is -2.25. The van der Waals surface area contributed by atoms with Crippen molar-refractivity contribution in [1.29, 1.82) is 0 Å². The lowest BCUT2D eigenvalue weighted by molar-refractivity contribution is -0.119. The van der Waals surface area contributed by atoms with Gasteiger partial charge in [0, 0.05) is 25.5 Å². The molecule has 0 aliphatic rings. The smallest absolute Gasteiger partial charge is 0.241 e. The molecule has 0 saturated heterocycles. The minimum absolute atomic E-state index is 0.153. The molecule has 0 bridgehead atoms. The summed E-state index contributed by atoms with van der Waals surface area (Å²) in [5.74, 6) is -0.153. The maximum absolute atomic E-state index is 11.9. The van der Waals surface area contributed by atoms with Crippen molar-refractivity contribution in [3.63, 3.8) is 0 Å². The molecule has 0 fully saturated rings. The van der Waals surface area contributed by atoms with E-state index in [0.29, 0.717) is 0 Å². The highest BCUT2D eigenvalue weighted by Gasteiger charge is 2.27. The maximum atomic E-state index is 11.9. The number of benzene rings is 1. The number of hydrogen-bond acceptors (Lipinski definition) is 3. The Kier molecular flexibility index (Phi) is 4.35. The second kappa shape index (κ2) is 5.40. The highest BCUT2D eigenvalue weighted by molar-refractivity contribution is 5.95. The zero-order valence-electron chi connectivity index (χ0n) is 11.8. The van der Waals surface area contributed by atoms with Gasteiger partial charge in [-0.15, -0.1) is 0 Å². The summed E-state index contributed by atoms with van der Waals surface area (Å²) in [4.78, 5) is 13.9. The number of carbonyl (C=O) groups excluding carboxylic acids is 1. The summed E-state index contributed by atoms with van der Waals surface area (Å²) in [6, 6.07) is 7.15. The number of carbonyl (C=O) groups is 1. The summed E-state index contributed by atoms with van der Waals surface area (Å²) in [6.45, 7) is 5.85. The number of nitrogens with zero attached hydrogens (tertiary/aromatic N) is 1. The molecule has 0 heterocycles. The third kappa shape index (κ3) is 3.74. The fraction of sp³-hybridized carbons (Fsp3) is 0.500. The van der Waals surface area contributed by atoms with Gasteiger partial charge in [0.2, 0.25) is 5.91 Å². The van der Waals surface area contributed by atoms with Gasteiger partial charge in [-0.05, 0) is 29.7 Å². The maximum Gasteiger partial charge on any atom is 0.241 e. The van der Waals surface area contributed by atoms with E-state index in [1.165, 1.54) is 0 Å². The summed E-state index contributed by atoms with van der Waals surface area (Å²) in [6.07, 6.45) is 0. The first kappa shape index (κ1) is 14.5. The van der Waals surface area contributed by atoms with Crippen molar-refractivity contribution in [1.82, 2.24) is 0 Å². The van der Waals surface area contributed by atoms with E-state index in [2.05, 4.69) is 5.32 Å². The summed E-state index contributed by atoms with van der Waals surface area (Å²) in [7, 11) is 3.95. The van der Waals surface area contributed by atoms with Gasteiger partial charge in [0.05, 0.1) is 6.04 Å². The van der Waals surface area contributed by atoms with Crippen molar-refractivity contribution in [2.45, 2.75) is 26.8 Å². The third-order valence-corrected chi connectivity index (χ3v) is 2.87. The fourth-order valence-electron chi connectivity index (χ4n) is 1.46. The molecular formula is C14H23N3O. The minimum atomic E-state index is -0.522. The zero-order valence-corrected chi connectivity index (χ0v) is 11.8. The highest BCUT2D eigenvalue weighted by Crippen LogP contribution is 2.20. The molecule has 1 rings (SSSR count). The molecule has 1 unspecified atom stereocenters. The van der Waals surface area contributed by atoms with Gasteiger partial charge in [0.1, 0.15) is 0 Å². The molecule has 1 aromatic rings. The van der Waals surface area contributed by atoms with Crippen molar-refractivity contribution in [2.24, 2.45) is 11.1 Å². The van der Waals surface area contributed by atoms with Crippen molar-refractivity contribution in [2.75, 3.05) is 24.3 Å². The molecule has 1 atom stereocenters. The molecule has 0 saturated carbocycles. The Bertz CT molecular complexity index is 404. The van der Waals surface area contributed by atoms with Crippen LogP contribution in [0, 0.1) is 5.41 Å². The van der Waals surface area contributed by atoms with Gasteiger partial charge in [-0.25, -0.2) is 0 Å². The van der Waals surface area contributed by atoms with Gasteiger partial charge in [-0.3, -0.25) is 4.79 Å². The number of rotatable bonds is 3. The molecule has 4 nitrogen and oxygen atoms in total. The van der Waals surface area contributed by atoms with Crippen LogP contribution in [-0.4, -0.2) is 26.0 Å². The predicted octanol–water partition coefficient (Wildman–Crippen LogP) is 2.06. The van der Waals surface area contributed by atoms with Crippen LogP contribution in [0.1, 0.15) is 20.8 Å². The number of anilines is 2. The van der Waals surface area contributed by atoms with Gasteiger partial charge in [-0.2, -0.15) is 0 Å². The Hall–Kier alpha value is -1.55. The average molecular weight is 249 g/mol. The summed E-state index contributed by atoms with van der Waals surface area (Å²) >= 11 is 0. The van der Waals surface area contributed by atoms with E-state index in [1.54, 1.807) is 0 Å². The number of amides is 1. The molecule has 0 aliphatic heterocycles. The number of nitrogens with one attached hydrogen (secondary N) is 1. The Morgan fingerprint density at radius 2 is 1.72 bits per heavy atom. The molecule has 3 N–H and O–H groups in total. The van der Waals surface area contributed by atoms with Gasteiger partial charge in [-0.1, -0.05) is 20.8 Å². The first-order valence-electron chi connectivity index (χ1n) is 6.05. The number of nitrogens with two attached hydrogens (primary N) is 1. The molecule has 18 heavy (non-hydrogen) atoms. The van der Waals surface area contributed by atoms with Crippen LogP contribution in [-0.2, 0) is 4.79 Å². The Labute approximate surface area is 109 Å². The molecule has 0 aliphatic carbocycles. The quantitative estimate of drug-likeness (QED) is 0.862. The summed E-state index contributed by atoms with van der Waals surface area (Å²) in [5.41, 5.74) is 7.52. The number of hydrogen-bond donors (Lipinski definition) is 2. The van der Waals surface area contributed by atoms with Gasteiger partial charge in [0.15, 0.2) is 0 Å². The van der Waals surface area contributed by atoms with E-state index in [4.69, 9.17) is 5.73 Å². The van der Waals surface area contributed by atoms with Gasteiger partial charge < -0.3 is 16.0 Å². The molecule has 100 valence electrons. The van der Waals surface area contributed by atoms with Gasteiger partial charge >= 0.3 is 0 Å². The predicted molar refractivity (Wildman–Crippen MR) is 76.8 cm³/mol. The first-order chi connectivity index (χ1) is 8.21. The third-order valence-electron chi connectivity index (χ3n) is 2.87. The van der Waals surface area contributed by atoms with Crippen LogP contribution in [0.3, 0.4) is 0 Å². The minimum Gasteiger partial charge on any atom is -0.378 e. The van der Waals surface area contributed by atoms with Crippen molar-refractivity contribution in [3.8, 4) is 0 Å². The zero-order chi connectivity index (χ0) is 13.9. The average Bonchev–Trinajstić information content (AvgIpc) is 2.27. The van der Waals surface area contributed by atoms with E-state index < -0.39 is 6.04 Å². The van der Waals surface area contributed by atoms with Crippen LogP contribution >= 0.6 is 0 Å². The van der Waals surface area contributed by atoms with Crippen LogP contribution in [0.25, 0.3) is 0 Å². The Balaban J connectivity index is 2.71.